The number of ether oxygens (including phenoxy) is 1. The Morgan fingerprint density at radius 3 is 2.51 bits per heavy atom. The molecule has 0 bridgehead atoms. The van der Waals surface area contributed by atoms with E-state index in [0.29, 0.717) is 54.9 Å². The van der Waals surface area contributed by atoms with Gasteiger partial charge in [0.2, 0.25) is 0 Å². The second kappa shape index (κ2) is 8.41. The highest BCUT2D eigenvalue weighted by atomic mass is 19.4. The molecule has 5 rings (SSSR count). The summed E-state index contributed by atoms with van der Waals surface area (Å²) in [5, 5.41) is 19.5. The first-order chi connectivity index (χ1) is 16.6. The third-order valence-corrected chi connectivity index (χ3v) is 7.65. The van der Waals surface area contributed by atoms with Crippen LogP contribution in [0.3, 0.4) is 0 Å². The SMILES string of the molecule is CC(O)(CO)c1ccc(C(=O)N2CCC3(CC2)OC2=C(C=CCC2)N2C(C(F)(F)F)=CCC23)cc1. The first-order valence-electron chi connectivity index (χ1n) is 11.9. The van der Waals surface area contributed by atoms with Crippen molar-refractivity contribution in [3.8, 4) is 0 Å². The quantitative estimate of drug-likeness (QED) is 0.671. The number of hydrogen-bond donors (Lipinski definition) is 2. The lowest BCUT2D eigenvalue weighted by atomic mass is 9.80. The van der Waals surface area contributed by atoms with Crippen molar-refractivity contribution in [3.05, 3.63) is 70.8 Å². The number of piperidine rings is 1. The lowest BCUT2D eigenvalue weighted by molar-refractivity contribution is -0.138. The molecule has 3 heterocycles. The summed E-state index contributed by atoms with van der Waals surface area (Å²) in [5.41, 5.74) is -1.34. The summed E-state index contributed by atoms with van der Waals surface area (Å²) >= 11 is 0. The van der Waals surface area contributed by atoms with Crippen LogP contribution in [0, 0.1) is 0 Å². The van der Waals surface area contributed by atoms with E-state index in [4.69, 9.17) is 4.74 Å². The van der Waals surface area contributed by atoms with Crippen molar-refractivity contribution in [3.63, 3.8) is 0 Å². The van der Waals surface area contributed by atoms with Gasteiger partial charge in [0.05, 0.1) is 18.3 Å². The molecule has 2 N–H and O–H groups in total. The fraction of sp³-hybridized carbons (Fsp3) is 0.500. The Morgan fingerprint density at radius 2 is 1.89 bits per heavy atom. The van der Waals surface area contributed by atoms with Gasteiger partial charge in [-0.2, -0.15) is 13.2 Å². The first-order valence-corrected chi connectivity index (χ1v) is 11.9. The van der Waals surface area contributed by atoms with Gasteiger partial charge >= 0.3 is 6.18 Å². The Kier molecular flexibility index (Phi) is 5.75. The number of halogens is 3. The smallest absolute Gasteiger partial charge is 0.431 e. The number of amides is 1. The fourth-order valence-corrected chi connectivity index (χ4v) is 5.63. The van der Waals surface area contributed by atoms with Crippen LogP contribution in [-0.4, -0.2) is 63.4 Å². The molecular weight excluding hydrogens is 461 g/mol. The van der Waals surface area contributed by atoms with E-state index in [1.54, 1.807) is 35.2 Å². The lowest BCUT2D eigenvalue weighted by Crippen LogP contribution is -2.60. The topological polar surface area (TPSA) is 73.2 Å². The van der Waals surface area contributed by atoms with Crippen molar-refractivity contribution < 1.29 is 32.9 Å². The normalized spacial score (nSPS) is 25.1. The fourth-order valence-electron chi connectivity index (χ4n) is 5.63. The molecule has 1 aliphatic carbocycles. The molecule has 2 atom stereocenters. The number of hydrogen-bond acceptors (Lipinski definition) is 5. The molecule has 4 aliphatic rings. The molecule has 1 fully saturated rings. The monoisotopic (exact) mass is 490 g/mol. The second-order valence-electron chi connectivity index (χ2n) is 9.93. The Hall–Kier alpha value is -2.78. The van der Waals surface area contributed by atoms with Crippen molar-refractivity contribution in [2.24, 2.45) is 0 Å². The van der Waals surface area contributed by atoms with Crippen molar-refractivity contribution in [1.29, 1.82) is 0 Å². The number of aliphatic hydroxyl groups is 2. The van der Waals surface area contributed by atoms with E-state index in [2.05, 4.69) is 0 Å². The molecule has 1 aromatic carbocycles. The Bertz CT molecular complexity index is 1100. The van der Waals surface area contributed by atoms with E-state index in [-0.39, 0.29) is 12.3 Å². The minimum atomic E-state index is -4.44. The Balaban J connectivity index is 1.34. The number of rotatable bonds is 3. The molecule has 0 aromatic heterocycles. The van der Waals surface area contributed by atoms with Crippen LogP contribution in [0.15, 0.2) is 59.6 Å². The van der Waals surface area contributed by atoms with Gasteiger partial charge in [0.25, 0.3) is 5.91 Å². The molecular formula is C26H29F3N2O4. The summed E-state index contributed by atoms with van der Waals surface area (Å²) in [7, 11) is 0. The highest BCUT2D eigenvalue weighted by Crippen LogP contribution is 2.51. The van der Waals surface area contributed by atoms with Gasteiger partial charge in [-0.05, 0) is 43.5 Å². The van der Waals surface area contributed by atoms with Gasteiger partial charge < -0.3 is 24.7 Å². The molecule has 6 nitrogen and oxygen atoms in total. The van der Waals surface area contributed by atoms with Gasteiger partial charge in [-0.3, -0.25) is 4.79 Å². The van der Waals surface area contributed by atoms with E-state index in [1.807, 2.05) is 6.08 Å². The van der Waals surface area contributed by atoms with Crippen LogP contribution in [0.2, 0.25) is 0 Å². The molecule has 0 radical (unpaired) electrons. The minimum absolute atomic E-state index is 0.177. The summed E-state index contributed by atoms with van der Waals surface area (Å²) in [6.07, 6.45) is 2.87. The van der Waals surface area contributed by atoms with Crippen LogP contribution in [0.25, 0.3) is 0 Å². The summed E-state index contributed by atoms with van der Waals surface area (Å²) in [5.74, 6) is 0.427. The standard InChI is InChI=1S/C26H29F3N2O4/c1-24(34,16-32)18-8-6-17(7-9-18)23(33)30-14-12-25(13-15-30)21-10-11-22(26(27,28)29)31(21)19-4-2-3-5-20(19)35-25/h2,4,6-9,11,21,32,34H,3,5,10,12-16H2,1H3. The number of alkyl halides is 3. The summed E-state index contributed by atoms with van der Waals surface area (Å²) in [4.78, 5) is 16.3. The van der Waals surface area contributed by atoms with E-state index < -0.39 is 35.7 Å². The molecule has 0 saturated carbocycles. The van der Waals surface area contributed by atoms with Crippen LogP contribution >= 0.6 is 0 Å². The zero-order valence-electron chi connectivity index (χ0n) is 19.5. The molecule has 188 valence electrons. The van der Waals surface area contributed by atoms with E-state index in [1.165, 1.54) is 17.9 Å². The van der Waals surface area contributed by atoms with Crippen molar-refractivity contribution in [1.82, 2.24) is 9.80 Å². The predicted molar refractivity (Wildman–Crippen MR) is 122 cm³/mol. The third-order valence-electron chi connectivity index (χ3n) is 7.65. The summed E-state index contributed by atoms with van der Waals surface area (Å²) in [6.45, 7) is 1.80. The number of likely N-dealkylation sites (tertiary alicyclic amines) is 1. The number of fused-ring (bicyclic) bond motifs is 3. The average molecular weight is 491 g/mol. The van der Waals surface area contributed by atoms with Gasteiger partial charge in [-0.15, -0.1) is 0 Å². The number of aliphatic hydroxyl groups excluding tert-OH is 1. The van der Waals surface area contributed by atoms with Crippen LogP contribution in [-0.2, 0) is 10.3 Å². The van der Waals surface area contributed by atoms with Crippen molar-refractivity contribution in [2.45, 2.75) is 62.4 Å². The van der Waals surface area contributed by atoms with Crippen LogP contribution in [0.4, 0.5) is 13.2 Å². The van der Waals surface area contributed by atoms with Crippen LogP contribution in [0.5, 0.6) is 0 Å². The van der Waals surface area contributed by atoms with Gasteiger partial charge in [0.1, 0.15) is 22.7 Å². The maximum atomic E-state index is 13.8. The van der Waals surface area contributed by atoms with Crippen LogP contribution in [0.1, 0.15) is 54.9 Å². The number of allylic oxidation sites excluding steroid dienone is 4. The number of carbonyl (C=O) groups is 1. The largest absolute Gasteiger partial charge is 0.487 e. The molecule has 1 spiro atoms. The molecule has 3 aliphatic heterocycles. The van der Waals surface area contributed by atoms with Crippen molar-refractivity contribution >= 4 is 5.91 Å². The van der Waals surface area contributed by atoms with Crippen molar-refractivity contribution in [2.75, 3.05) is 19.7 Å². The van der Waals surface area contributed by atoms with E-state index >= 15 is 0 Å². The van der Waals surface area contributed by atoms with Gasteiger partial charge in [0.15, 0.2) is 0 Å². The van der Waals surface area contributed by atoms with Gasteiger partial charge in [-0.25, -0.2) is 0 Å². The maximum Gasteiger partial charge on any atom is 0.431 e. The minimum Gasteiger partial charge on any atom is -0.487 e. The first kappa shape index (κ1) is 23.9. The van der Waals surface area contributed by atoms with Gasteiger partial charge in [0, 0.05) is 37.9 Å². The molecule has 1 amide bonds. The predicted octanol–water partition coefficient (Wildman–Crippen LogP) is 3.97. The molecule has 9 heteroatoms. The molecule has 1 saturated heterocycles. The number of nitrogens with zero attached hydrogens (tertiary/aromatic N) is 2. The lowest BCUT2D eigenvalue weighted by Gasteiger charge is -2.53. The maximum absolute atomic E-state index is 13.8. The Morgan fingerprint density at radius 1 is 1.20 bits per heavy atom. The summed E-state index contributed by atoms with van der Waals surface area (Å²) in [6, 6.07) is 6.01. The zero-order valence-corrected chi connectivity index (χ0v) is 19.5. The Labute approximate surface area is 202 Å². The van der Waals surface area contributed by atoms with Gasteiger partial charge in [-0.1, -0.05) is 24.3 Å². The molecule has 35 heavy (non-hydrogen) atoms. The van der Waals surface area contributed by atoms with Crippen LogP contribution < -0.4 is 0 Å². The molecule has 2 unspecified atom stereocenters. The zero-order chi connectivity index (χ0) is 25.0. The summed E-state index contributed by atoms with van der Waals surface area (Å²) < 4.78 is 48.0. The van der Waals surface area contributed by atoms with E-state index in [9.17, 15) is 28.2 Å². The number of carbonyl (C=O) groups excluding carboxylic acids is 1. The average Bonchev–Trinajstić information content (AvgIpc) is 3.32. The van der Waals surface area contributed by atoms with E-state index in [0.717, 1.165) is 6.42 Å². The second-order valence-corrected chi connectivity index (χ2v) is 9.93. The number of benzene rings is 1. The third kappa shape index (κ3) is 4.04. The molecule has 1 aromatic rings. The highest BCUT2D eigenvalue weighted by molar-refractivity contribution is 5.94. The highest BCUT2D eigenvalue weighted by Gasteiger charge is 2.57.